The molecule has 1 aromatic carbocycles. The molecule has 1 N–H and O–H groups in total. The van der Waals surface area contributed by atoms with Crippen LogP contribution in [0.3, 0.4) is 0 Å². The Hall–Kier alpha value is -0.580. The highest BCUT2D eigenvalue weighted by Gasteiger charge is 2.20. The normalized spacial score (nSPS) is 14.7. The summed E-state index contributed by atoms with van der Waals surface area (Å²) in [5.74, 6) is 0. The van der Waals surface area contributed by atoms with Gasteiger partial charge < -0.3 is 15.0 Å². The first-order valence-electron chi connectivity index (χ1n) is 6.92. The minimum atomic E-state index is 0.759. The van der Waals surface area contributed by atoms with Crippen LogP contribution in [0.5, 0.6) is 0 Å². The van der Waals surface area contributed by atoms with E-state index in [0.717, 1.165) is 32.2 Å². The molecule has 3 nitrogen and oxygen atoms in total. The molecule has 0 amide bonds. The number of nitrogens with one attached hydrogen (secondary N) is 1. The van der Waals surface area contributed by atoms with Crippen molar-refractivity contribution in [2.24, 2.45) is 0 Å². The molecule has 0 atom stereocenters. The third kappa shape index (κ3) is 4.79. The molecule has 19 heavy (non-hydrogen) atoms. The Balaban J connectivity index is 1.89. The Morgan fingerprint density at radius 2 is 2.21 bits per heavy atom. The number of methoxy groups -OCH3 is 1. The zero-order chi connectivity index (χ0) is 13.7. The van der Waals surface area contributed by atoms with E-state index in [1.165, 1.54) is 28.6 Å². The molecule has 1 saturated carbocycles. The number of rotatable bonds is 8. The van der Waals surface area contributed by atoms with Crippen molar-refractivity contribution >= 4 is 21.6 Å². The Morgan fingerprint density at radius 3 is 2.84 bits per heavy atom. The standard InChI is InChI=1S/C15H23BrN2O/c1-18(8-3-9-19-2)15-7-4-12(10-14(15)16)11-17-13-5-6-13/h4,7,10,13,17H,3,5-6,8-9,11H2,1-2H3. The largest absolute Gasteiger partial charge is 0.385 e. The SMILES string of the molecule is COCCCN(C)c1ccc(CNC2CC2)cc1Br. The van der Waals surface area contributed by atoms with Gasteiger partial charge in [0, 0.05) is 44.4 Å². The molecule has 0 unspecified atom stereocenters. The van der Waals surface area contributed by atoms with Gasteiger partial charge in [0.15, 0.2) is 0 Å². The van der Waals surface area contributed by atoms with Gasteiger partial charge in [-0.1, -0.05) is 6.07 Å². The second kappa shape index (κ2) is 7.27. The van der Waals surface area contributed by atoms with Crippen molar-refractivity contribution in [2.45, 2.75) is 31.8 Å². The van der Waals surface area contributed by atoms with E-state index < -0.39 is 0 Å². The molecule has 1 aliphatic rings. The molecule has 0 aromatic heterocycles. The van der Waals surface area contributed by atoms with Gasteiger partial charge in [-0.25, -0.2) is 0 Å². The maximum absolute atomic E-state index is 5.09. The van der Waals surface area contributed by atoms with Crippen LogP contribution in [0.2, 0.25) is 0 Å². The quantitative estimate of drug-likeness (QED) is 0.742. The summed E-state index contributed by atoms with van der Waals surface area (Å²) >= 11 is 3.68. The summed E-state index contributed by atoms with van der Waals surface area (Å²) in [5, 5.41) is 3.54. The highest BCUT2D eigenvalue weighted by molar-refractivity contribution is 9.10. The third-order valence-electron chi connectivity index (χ3n) is 3.44. The van der Waals surface area contributed by atoms with E-state index in [1.807, 2.05) is 0 Å². The van der Waals surface area contributed by atoms with Crippen molar-refractivity contribution in [3.8, 4) is 0 Å². The lowest BCUT2D eigenvalue weighted by Crippen LogP contribution is -2.20. The fraction of sp³-hybridized carbons (Fsp3) is 0.600. The van der Waals surface area contributed by atoms with E-state index >= 15 is 0 Å². The maximum atomic E-state index is 5.09. The van der Waals surface area contributed by atoms with E-state index in [9.17, 15) is 0 Å². The molecule has 1 aliphatic carbocycles. The van der Waals surface area contributed by atoms with Crippen molar-refractivity contribution in [3.05, 3.63) is 28.2 Å². The van der Waals surface area contributed by atoms with E-state index in [-0.39, 0.29) is 0 Å². The van der Waals surface area contributed by atoms with Gasteiger partial charge in [0.05, 0.1) is 5.69 Å². The number of hydrogen-bond donors (Lipinski definition) is 1. The summed E-state index contributed by atoms with van der Waals surface area (Å²) in [4.78, 5) is 2.27. The molecule has 1 aromatic rings. The molecule has 0 heterocycles. The summed E-state index contributed by atoms with van der Waals surface area (Å²) in [7, 11) is 3.87. The van der Waals surface area contributed by atoms with Gasteiger partial charge >= 0.3 is 0 Å². The van der Waals surface area contributed by atoms with Gasteiger partial charge in [-0.2, -0.15) is 0 Å². The van der Waals surface area contributed by atoms with Crippen LogP contribution >= 0.6 is 15.9 Å². The number of ether oxygens (including phenoxy) is 1. The fourth-order valence-electron chi connectivity index (χ4n) is 2.09. The van der Waals surface area contributed by atoms with Crippen LogP contribution in [0, 0.1) is 0 Å². The topological polar surface area (TPSA) is 24.5 Å². The molecular formula is C15H23BrN2O. The summed E-state index contributed by atoms with van der Waals surface area (Å²) < 4.78 is 6.26. The molecule has 0 bridgehead atoms. The van der Waals surface area contributed by atoms with Crippen LogP contribution in [0.1, 0.15) is 24.8 Å². The van der Waals surface area contributed by atoms with E-state index in [4.69, 9.17) is 4.74 Å². The van der Waals surface area contributed by atoms with Crippen LogP contribution in [-0.4, -0.2) is 33.4 Å². The van der Waals surface area contributed by atoms with Crippen molar-refractivity contribution in [2.75, 3.05) is 32.2 Å². The Bertz CT molecular complexity index is 407. The summed E-state index contributed by atoms with van der Waals surface area (Å²) in [6, 6.07) is 7.39. The maximum Gasteiger partial charge on any atom is 0.0508 e. The van der Waals surface area contributed by atoms with Crippen LogP contribution in [0.15, 0.2) is 22.7 Å². The monoisotopic (exact) mass is 326 g/mol. The number of halogens is 1. The zero-order valence-corrected chi connectivity index (χ0v) is 13.4. The predicted molar refractivity (Wildman–Crippen MR) is 83.8 cm³/mol. The minimum Gasteiger partial charge on any atom is -0.385 e. The second-order valence-electron chi connectivity index (χ2n) is 5.21. The fourth-order valence-corrected chi connectivity index (χ4v) is 2.81. The van der Waals surface area contributed by atoms with Crippen LogP contribution in [-0.2, 0) is 11.3 Å². The third-order valence-corrected chi connectivity index (χ3v) is 4.07. The highest BCUT2D eigenvalue weighted by Crippen LogP contribution is 2.27. The molecular weight excluding hydrogens is 304 g/mol. The van der Waals surface area contributed by atoms with Crippen LogP contribution < -0.4 is 10.2 Å². The molecule has 106 valence electrons. The first-order chi connectivity index (χ1) is 9.20. The van der Waals surface area contributed by atoms with E-state index in [0.29, 0.717) is 0 Å². The van der Waals surface area contributed by atoms with Gasteiger partial charge in [-0.05, 0) is 52.9 Å². The molecule has 1 fully saturated rings. The lowest BCUT2D eigenvalue weighted by Gasteiger charge is -2.21. The van der Waals surface area contributed by atoms with Crippen molar-refractivity contribution in [3.63, 3.8) is 0 Å². The van der Waals surface area contributed by atoms with E-state index in [1.54, 1.807) is 7.11 Å². The number of anilines is 1. The van der Waals surface area contributed by atoms with Gasteiger partial charge in [-0.3, -0.25) is 0 Å². The number of nitrogens with zero attached hydrogens (tertiary/aromatic N) is 1. The van der Waals surface area contributed by atoms with Crippen molar-refractivity contribution < 1.29 is 4.74 Å². The summed E-state index contributed by atoms with van der Waals surface area (Å²) in [6.45, 7) is 2.79. The van der Waals surface area contributed by atoms with E-state index in [2.05, 4.69) is 51.4 Å². The second-order valence-corrected chi connectivity index (χ2v) is 6.06. The van der Waals surface area contributed by atoms with Crippen LogP contribution in [0.25, 0.3) is 0 Å². The van der Waals surface area contributed by atoms with Crippen LogP contribution in [0.4, 0.5) is 5.69 Å². The molecule has 2 rings (SSSR count). The van der Waals surface area contributed by atoms with Gasteiger partial charge in [0.1, 0.15) is 0 Å². The minimum absolute atomic E-state index is 0.759. The first-order valence-corrected chi connectivity index (χ1v) is 7.72. The number of benzene rings is 1. The Morgan fingerprint density at radius 1 is 1.42 bits per heavy atom. The first kappa shape index (κ1) is 14.8. The average molecular weight is 327 g/mol. The lowest BCUT2D eigenvalue weighted by atomic mass is 10.2. The molecule has 4 heteroatoms. The Kier molecular flexibility index (Phi) is 5.67. The predicted octanol–water partition coefficient (Wildman–Crippen LogP) is 3.17. The molecule has 0 spiro atoms. The Labute approximate surface area is 124 Å². The lowest BCUT2D eigenvalue weighted by molar-refractivity contribution is 0.196. The van der Waals surface area contributed by atoms with Crippen molar-refractivity contribution in [1.29, 1.82) is 0 Å². The molecule has 0 aliphatic heterocycles. The van der Waals surface area contributed by atoms with Gasteiger partial charge in [-0.15, -0.1) is 0 Å². The smallest absolute Gasteiger partial charge is 0.0508 e. The summed E-state index contributed by atoms with van der Waals surface area (Å²) in [6.07, 6.45) is 3.72. The number of hydrogen-bond acceptors (Lipinski definition) is 3. The molecule has 0 radical (unpaired) electrons. The summed E-state index contributed by atoms with van der Waals surface area (Å²) in [5.41, 5.74) is 2.58. The molecule has 0 saturated heterocycles. The average Bonchev–Trinajstić information content (AvgIpc) is 3.20. The zero-order valence-electron chi connectivity index (χ0n) is 11.8. The highest BCUT2D eigenvalue weighted by atomic mass is 79.9. The van der Waals surface area contributed by atoms with Gasteiger partial charge in [0.25, 0.3) is 0 Å². The van der Waals surface area contributed by atoms with Crippen molar-refractivity contribution in [1.82, 2.24) is 5.32 Å². The van der Waals surface area contributed by atoms with Gasteiger partial charge in [0.2, 0.25) is 0 Å².